The third-order valence-electron chi connectivity index (χ3n) is 4.65. The van der Waals surface area contributed by atoms with Gasteiger partial charge in [-0.25, -0.2) is 0 Å². The minimum Gasteiger partial charge on any atom is -0.385 e. The van der Waals surface area contributed by atoms with E-state index in [9.17, 15) is 4.79 Å². The van der Waals surface area contributed by atoms with Gasteiger partial charge in [0.25, 0.3) is 0 Å². The molecular formula is C16H33N3O2. The van der Waals surface area contributed by atoms with Crippen LogP contribution >= 0.6 is 0 Å². The molecule has 0 spiro atoms. The summed E-state index contributed by atoms with van der Waals surface area (Å²) in [6, 6.07) is 0. The fraction of sp³-hybridized carbons (Fsp3) is 0.938. The molecule has 0 aromatic heterocycles. The Labute approximate surface area is 129 Å². The molecular weight excluding hydrogens is 266 g/mol. The van der Waals surface area contributed by atoms with Crippen LogP contribution in [-0.4, -0.2) is 56.2 Å². The maximum Gasteiger partial charge on any atom is 0.234 e. The Kier molecular flexibility index (Phi) is 8.88. The van der Waals surface area contributed by atoms with Crippen LogP contribution in [0.25, 0.3) is 0 Å². The number of methoxy groups -OCH3 is 1. The van der Waals surface area contributed by atoms with E-state index in [4.69, 9.17) is 10.5 Å². The first-order chi connectivity index (χ1) is 10.2. The standard InChI is InChI=1S/C16H33N3O2/c1-3-19(13-15(20)18-11-8-12-21-2)16(14-17)9-6-4-5-7-10-16/h3-14,17H2,1-2H3,(H,18,20). The molecule has 5 nitrogen and oxygen atoms in total. The van der Waals surface area contributed by atoms with E-state index in [2.05, 4.69) is 17.1 Å². The van der Waals surface area contributed by atoms with Crippen LogP contribution in [0.2, 0.25) is 0 Å². The zero-order chi connectivity index (χ0) is 15.6. The van der Waals surface area contributed by atoms with Crippen molar-refractivity contribution in [2.75, 3.05) is 39.9 Å². The fourth-order valence-electron chi connectivity index (χ4n) is 3.32. The number of nitrogens with two attached hydrogens (primary N) is 1. The summed E-state index contributed by atoms with van der Waals surface area (Å²) >= 11 is 0. The summed E-state index contributed by atoms with van der Waals surface area (Å²) in [4.78, 5) is 14.4. The number of hydrogen-bond acceptors (Lipinski definition) is 4. The molecule has 1 aliphatic rings. The van der Waals surface area contributed by atoms with Gasteiger partial charge in [0.2, 0.25) is 5.91 Å². The number of rotatable bonds is 9. The van der Waals surface area contributed by atoms with Crippen molar-refractivity contribution in [2.24, 2.45) is 5.73 Å². The van der Waals surface area contributed by atoms with Crippen molar-refractivity contribution in [3.63, 3.8) is 0 Å². The lowest BCUT2D eigenvalue weighted by Gasteiger charge is -2.42. The average molecular weight is 299 g/mol. The summed E-state index contributed by atoms with van der Waals surface area (Å²) in [5.74, 6) is 0.102. The van der Waals surface area contributed by atoms with Crippen molar-refractivity contribution in [3.05, 3.63) is 0 Å². The van der Waals surface area contributed by atoms with Crippen molar-refractivity contribution in [1.82, 2.24) is 10.2 Å². The van der Waals surface area contributed by atoms with Crippen LogP contribution in [0.1, 0.15) is 51.9 Å². The van der Waals surface area contributed by atoms with Gasteiger partial charge in [0, 0.05) is 32.3 Å². The number of nitrogens with one attached hydrogen (secondary N) is 1. The Balaban J connectivity index is 2.52. The molecule has 0 aromatic rings. The Morgan fingerprint density at radius 2 is 1.95 bits per heavy atom. The second-order valence-electron chi connectivity index (χ2n) is 6.05. The van der Waals surface area contributed by atoms with E-state index in [-0.39, 0.29) is 11.4 Å². The third kappa shape index (κ3) is 5.93. The summed E-state index contributed by atoms with van der Waals surface area (Å²) in [7, 11) is 1.68. The maximum atomic E-state index is 12.1. The number of likely N-dealkylation sites (N-methyl/N-ethyl adjacent to an activating group) is 1. The molecule has 1 rings (SSSR count). The van der Waals surface area contributed by atoms with Crippen LogP contribution in [0.4, 0.5) is 0 Å². The van der Waals surface area contributed by atoms with Crippen LogP contribution in [0.15, 0.2) is 0 Å². The number of carbonyl (C=O) groups excluding carboxylic acids is 1. The summed E-state index contributed by atoms with van der Waals surface area (Å²) < 4.78 is 4.99. The van der Waals surface area contributed by atoms with E-state index in [0.717, 1.165) is 25.8 Å². The molecule has 1 fully saturated rings. The van der Waals surface area contributed by atoms with Gasteiger partial charge in [0.05, 0.1) is 6.54 Å². The molecule has 3 N–H and O–H groups in total. The summed E-state index contributed by atoms with van der Waals surface area (Å²) in [5.41, 5.74) is 6.13. The lowest BCUT2D eigenvalue weighted by Crippen LogP contribution is -2.56. The molecule has 0 unspecified atom stereocenters. The van der Waals surface area contributed by atoms with E-state index < -0.39 is 0 Å². The highest BCUT2D eigenvalue weighted by atomic mass is 16.5. The smallest absolute Gasteiger partial charge is 0.234 e. The van der Waals surface area contributed by atoms with Crippen LogP contribution in [0, 0.1) is 0 Å². The van der Waals surface area contributed by atoms with E-state index in [1.807, 2.05) is 0 Å². The predicted molar refractivity (Wildman–Crippen MR) is 86.2 cm³/mol. The molecule has 0 aromatic carbocycles. The van der Waals surface area contributed by atoms with Crippen LogP contribution in [-0.2, 0) is 9.53 Å². The van der Waals surface area contributed by atoms with Crippen molar-refractivity contribution < 1.29 is 9.53 Å². The number of hydrogen-bond donors (Lipinski definition) is 2. The Bertz CT molecular complexity index is 289. The fourth-order valence-corrected chi connectivity index (χ4v) is 3.32. The summed E-state index contributed by atoms with van der Waals surface area (Å²) in [6.07, 6.45) is 8.14. The maximum absolute atomic E-state index is 12.1. The quantitative estimate of drug-likeness (QED) is 0.500. The van der Waals surface area contributed by atoms with Gasteiger partial charge < -0.3 is 15.8 Å². The molecule has 5 heteroatoms. The second kappa shape index (κ2) is 10.1. The topological polar surface area (TPSA) is 67.6 Å². The Morgan fingerprint density at radius 1 is 1.29 bits per heavy atom. The lowest BCUT2D eigenvalue weighted by molar-refractivity contribution is -0.124. The molecule has 1 saturated carbocycles. The largest absolute Gasteiger partial charge is 0.385 e. The minimum absolute atomic E-state index is 0.0229. The average Bonchev–Trinajstić information content (AvgIpc) is 2.75. The van der Waals surface area contributed by atoms with E-state index in [1.54, 1.807) is 7.11 Å². The zero-order valence-corrected chi connectivity index (χ0v) is 13.8. The highest BCUT2D eigenvalue weighted by molar-refractivity contribution is 5.78. The van der Waals surface area contributed by atoms with Gasteiger partial charge in [-0.3, -0.25) is 9.69 Å². The zero-order valence-electron chi connectivity index (χ0n) is 13.8. The highest BCUT2D eigenvalue weighted by Gasteiger charge is 2.35. The molecule has 0 aliphatic heterocycles. The minimum atomic E-state index is 0.0229. The van der Waals surface area contributed by atoms with Gasteiger partial charge in [-0.2, -0.15) is 0 Å². The SMILES string of the molecule is CCN(CC(=O)NCCCOC)C1(CN)CCCCCC1. The van der Waals surface area contributed by atoms with Crippen LogP contribution in [0.5, 0.6) is 0 Å². The molecule has 124 valence electrons. The summed E-state index contributed by atoms with van der Waals surface area (Å²) in [6.45, 7) is 5.48. The van der Waals surface area contributed by atoms with Gasteiger partial charge in [-0.1, -0.05) is 32.6 Å². The van der Waals surface area contributed by atoms with Crippen molar-refractivity contribution in [1.29, 1.82) is 0 Å². The van der Waals surface area contributed by atoms with E-state index in [0.29, 0.717) is 26.2 Å². The van der Waals surface area contributed by atoms with Crippen LogP contribution in [0.3, 0.4) is 0 Å². The van der Waals surface area contributed by atoms with Crippen molar-refractivity contribution in [2.45, 2.75) is 57.4 Å². The molecule has 0 saturated heterocycles. The lowest BCUT2D eigenvalue weighted by atomic mass is 9.88. The molecule has 1 aliphatic carbocycles. The number of carbonyl (C=O) groups is 1. The first kappa shape index (κ1) is 18.4. The molecule has 0 radical (unpaired) electrons. The Hall–Kier alpha value is -0.650. The van der Waals surface area contributed by atoms with E-state index in [1.165, 1.54) is 25.7 Å². The molecule has 0 heterocycles. The molecule has 0 bridgehead atoms. The molecule has 1 amide bonds. The number of nitrogens with zero attached hydrogens (tertiary/aromatic N) is 1. The van der Waals surface area contributed by atoms with Gasteiger partial charge in [-0.15, -0.1) is 0 Å². The van der Waals surface area contributed by atoms with Gasteiger partial charge >= 0.3 is 0 Å². The second-order valence-corrected chi connectivity index (χ2v) is 6.05. The first-order valence-corrected chi connectivity index (χ1v) is 8.39. The van der Waals surface area contributed by atoms with Gasteiger partial charge in [-0.05, 0) is 25.8 Å². The molecule has 21 heavy (non-hydrogen) atoms. The van der Waals surface area contributed by atoms with Crippen LogP contribution < -0.4 is 11.1 Å². The monoisotopic (exact) mass is 299 g/mol. The van der Waals surface area contributed by atoms with Gasteiger partial charge in [0.15, 0.2) is 0 Å². The number of ether oxygens (including phenoxy) is 1. The number of amides is 1. The first-order valence-electron chi connectivity index (χ1n) is 8.39. The van der Waals surface area contributed by atoms with E-state index >= 15 is 0 Å². The van der Waals surface area contributed by atoms with Crippen molar-refractivity contribution >= 4 is 5.91 Å². The summed E-state index contributed by atoms with van der Waals surface area (Å²) in [5, 5.41) is 2.98. The third-order valence-corrected chi connectivity index (χ3v) is 4.65. The van der Waals surface area contributed by atoms with Crippen molar-refractivity contribution in [3.8, 4) is 0 Å². The Morgan fingerprint density at radius 3 is 2.48 bits per heavy atom. The predicted octanol–water partition coefficient (Wildman–Crippen LogP) is 1.51. The molecule has 0 atom stereocenters. The normalized spacial score (nSPS) is 18.5. The van der Waals surface area contributed by atoms with Gasteiger partial charge in [0.1, 0.15) is 0 Å². The highest BCUT2D eigenvalue weighted by Crippen LogP contribution is 2.31.